The molecule has 0 aliphatic heterocycles. The first-order valence-electron chi connectivity index (χ1n) is 11.7. The second-order valence-corrected chi connectivity index (χ2v) is 11.1. The van der Waals surface area contributed by atoms with Crippen LogP contribution in [0.1, 0.15) is 98.8 Å². The van der Waals surface area contributed by atoms with Gasteiger partial charge in [-0.1, -0.05) is 51.0 Å². The maximum Gasteiger partial charge on any atom is -0.0113 e. The molecule has 4 aliphatic carbocycles. The lowest BCUT2D eigenvalue weighted by Gasteiger charge is -2.50. The van der Waals surface area contributed by atoms with Crippen molar-refractivity contribution in [1.82, 2.24) is 0 Å². The quantitative estimate of drug-likeness (QED) is 0.441. The van der Waals surface area contributed by atoms with Crippen LogP contribution in [0.5, 0.6) is 0 Å². The predicted octanol–water partition coefficient (Wildman–Crippen LogP) is 7.95. The molecule has 0 nitrogen and oxygen atoms in total. The van der Waals surface area contributed by atoms with Crippen LogP contribution in [0.15, 0.2) is 23.3 Å². The monoisotopic (exact) mass is 354 g/mol. The van der Waals surface area contributed by atoms with Crippen LogP contribution in [0.2, 0.25) is 0 Å². The molecule has 0 aromatic heterocycles. The molecule has 3 fully saturated rings. The van der Waals surface area contributed by atoms with Gasteiger partial charge in [-0.05, 0) is 112 Å². The van der Waals surface area contributed by atoms with E-state index in [2.05, 4.69) is 46.8 Å². The summed E-state index contributed by atoms with van der Waals surface area (Å²) in [4.78, 5) is 0. The van der Waals surface area contributed by atoms with Crippen LogP contribution in [0.25, 0.3) is 0 Å². The summed E-state index contributed by atoms with van der Waals surface area (Å²) >= 11 is 0. The Morgan fingerprint density at radius 2 is 1.96 bits per heavy atom. The highest BCUT2D eigenvalue weighted by atomic mass is 14.6. The number of fused-ring (bicyclic) bond motifs is 4. The van der Waals surface area contributed by atoms with Gasteiger partial charge >= 0.3 is 0 Å². The van der Waals surface area contributed by atoms with E-state index >= 15 is 0 Å². The maximum absolute atomic E-state index is 2.76. The van der Waals surface area contributed by atoms with Gasteiger partial charge in [0.2, 0.25) is 0 Å². The molecule has 0 radical (unpaired) electrons. The van der Waals surface area contributed by atoms with Gasteiger partial charge in [0.1, 0.15) is 0 Å². The van der Waals surface area contributed by atoms with E-state index in [1.807, 2.05) is 5.57 Å². The van der Waals surface area contributed by atoms with Crippen LogP contribution in [-0.2, 0) is 0 Å². The average Bonchev–Trinajstić information content (AvgIpc) is 2.87. The highest BCUT2D eigenvalue weighted by molar-refractivity contribution is 5.22. The number of allylic oxidation sites excluding steroid dienone is 4. The minimum Gasteiger partial charge on any atom is -0.0856 e. The molecule has 5 unspecified atom stereocenters. The first-order chi connectivity index (χ1) is 12.4. The molecule has 0 heterocycles. The minimum absolute atomic E-state index is 0.537. The van der Waals surface area contributed by atoms with Gasteiger partial charge in [0.15, 0.2) is 0 Å². The summed E-state index contributed by atoms with van der Waals surface area (Å²) in [5.74, 6) is 4.72. The Labute approximate surface area is 162 Å². The Kier molecular flexibility index (Phi) is 4.94. The van der Waals surface area contributed by atoms with Crippen molar-refractivity contribution in [3.63, 3.8) is 0 Å². The van der Waals surface area contributed by atoms with Gasteiger partial charge in [-0.2, -0.15) is 0 Å². The van der Waals surface area contributed by atoms with Crippen molar-refractivity contribution in [3.05, 3.63) is 23.3 Å². The smallest absolute Gasteiger partial charge is 0.0113 e. The number of hydrogen-bond donors (Lipinski definition) is 0. The Morgan fingerprint density at radius 1 is 1.15 bits per heavy atom. The third-order valence-electron chi connectivity index (χ3n) is 9.54. The normalized spacial score (nSPS) is 48.9. The zero-order valence-corrected chi connectivity index (χ0v) is 18.1. The van der Waals surface area contributed by atoms with Crippen LogP contribution in [0.4, 0.5) is 0 Å². The lowest BCUT2D eigenvalue weighted by molar-refractivity contribution is 0.00821. The standard InChI is InChI=1S/C26H42/c1-6-7-19(3)23-10-11-24-22-9-8-21-16-18(2)12-14-25(21,4)17-20(22)13-15-26(23,24)5/h7-8,18,20,22-24H,6,9-17H2,1-5H3/b19-7+/t18-,20?,22?,23+,24?,25?,26?/m0/s1. The van der Waals surface area contributed by atoms with Crippen molar-refractivity contribution in [2.24, 2.45) is 40.4 Å². The molecule has 4 rings (SSSR count). The molecule has 3 saturated carbocycles. The van der Waals surface area contributed by atoms with Crippen LogP contribution < -0.4 is 0 Å². The molecular weight excluding hydrogens is 312 g/mol. The van der Waals surface area contributed by atoms with Crippen molar-refractivity contribution >= 4 is 0 Å². The van der Waals surface area contributed by atoms with Crippen molar-refractivity contribution in [3.8, 4) is 0 Å². The number of hydrogen-bond acceptors (Lipinski definition) is 0. The lowest BCUT2D eigenvalue weighted by Crippen LogP contribution is -2.42. The van der Waals surface area contributed by atoms with Gasteiger partial charge in [0.05, 0.1) is 0 Å². The highest BCUT2D eigenvalue weighted by Crippen LogP contribution is 2.64. The second-order valence-electron chi connectivity index (χ2n) is 11.1. The third kappa shape index (κ3) is 2.94. The van der Waals surface area contributed by atoms with E-state index in [4.69, 9.17) is 0 Å². The SMILES string of the molecule is CC/C=C(\C)[C@H]1CCC2C3CC=C4C[C@@H](C)CCC4(C)CC3CCC21C. The highest BCUT2D eigenvalue weighted by Gasteiger charge is 2.55. The summed E-state index contributed by atoms with van der Waals surface area (Å²) in [5.41, 5.74) is 4.68. The number of rotatable bonds is 2. The fourth-order valence-electron chi connectivity index (χ4n) is 8.06. The molecule has 0 heteroatoms. The van der Waals surface area contributed by atoms with Crippen molar-refractivity contribution in [2.45, 2.75) is 98.8 Å². The fourth-order valence-corrected chi connectivity index (χ4v) is 8.06. The Balaban J connectivity index is 1.60. The molecule has 0 spiro atoms. The topological polar surface area (TPSA) is 0 Å². The molecule has 0 saturated heterocycles. The molecule has 146 valence electrons. The van der Waals surface area contributed by atoms with Crippen molar-refractivity contribution in [1.29, 1.82) is 0 Å². The van der Waals surface area contributed by atoms with Gasteiger partial charge in [-0.25, -0.2) is 0 Å². The Hall–Kier alpha value is -0.520. The first kappa shape index (κ1) is 18.8. The minimum atomic E-state index is 0.537. The summed E-state index contributed by atoms with van der Waals surface area (Å²) in [6, 6.07) is 0. The zero-order chi connectivity index (χ0) is 18.5. The molecular formula is C26H42. The van der Waals surface area contributed by atoms with Crippen molar-refractivity contribution in [2.75, 3.05) is 0 Å². The molecule has 0 aromatic carbocycles. The summed E-state index contributed by atoms with van der Waals surface area (Å²) < 4.78 is 0. The van der Waals surface area contributed by atoms with Gasteiger partial charge in [0, 0.05) is 0 Å². The third-order valence-corrected chi connectivity index (χ3v) is 9.54. The average molecular weight is 355 g/mol. The van der Waals surface area contributed by atoms with Crippen molar-refractivity contribution < 1.29 is 0 Å². The van der Waals surface area contributed by atoms with E-state index in [0.717, 1.165) is 29.6 Å². The van der Waals surface area contributed by atoms with E-state index in [0.29, 0.717) is 10.8 Å². The molecule has 0 N–H and O–H groups in total. The summed E-state index contributed by atoms with van der Waals surface area (Å²) in [7, 11) is 0. The molecule has 0 bridgehead atoms. The molecule has 7 atom stereocenters. The zero-order valence-electron chi connectivity index (χ0n) is 18.1. The van der Waals surface area contributed by atoms with Gasteiger partial charge in [-0.15, -0.1) is 0 Å². The molecule has 4 aliphatic rings. The second kappa shape index (κ2) is 6.82. The molecule has 0 amide bonds. The Morgan fingerprint density at radius 3 is 2.73 bits per heavy atom. The van der Waals surface area contributed by atoms with Crippen LogP contribution in [-0.4, -0.2) is 0 Å². The van der Waals surface area contributed by atoms with Gasteiger partial charge in [-0.3, -0.25) is 0 Å². The van der Waals surface area contributed by atoms with Gasteiger partial charge < -0.3 is 0 Å². The molecule has 26 heavy (non-hydrogen) atoms. The van der Waals surface area contributed by atoms with Crippen LogP contribution >= 0.6 is 0 Å². The van der Waals surface area contributed by atoms with E-state index in [-0.39, 0.29) is 0 Å². The summed E-state index contributed by atoms with van der Waals surface area (Å²) in [5, 5.41) is 0. The van der Waals surface area contributed by atoms with Crippen LogP contribution in [0, 0.1) is 40.4 Å². The van der Waals surface area contributed by atoms with E-state index in [1.165, 1.54) is 64.2 Å². The largest absolute Gasteiger partial charge is 0.0856 e. The molecule has 0 aromatic rings. The van der Waals surface area contributed by atoms with E-state index < -0.39 is 0 Å². The first-order valence-corrected chi connectivity index (χ1v) is 11.7. The maximum atomic E-state index is 2.76. The lowest BCUT2D eigenvalue weighted by atomic mass is 9.54. The van der Waals surface area contributed by atoms with Gasteiger partial charge in [0.25, 0.3) is 0 Å². The summed E-state index contributed by atoms with van der Waals surface area (Å²) in [6.07, 6.45) is 19.6. The Bertz CT molecular complexity index is 595. The van der Waals surface area contributed by atoms with E-state index in [9.17, 15) is 0 Å². The van der Waals surface area contributed by atoms with Crippen LogP contribution in [0.3, 0.4) is 0 Å². The van der Waals surface area contributed by atoms with E-state index in [1.54, 1.807) is 5.57 Å². The fraction of sp³-hybridized carbons (Fsp3) is 0.846. The predicted molar refractivity (Wildman–Crippen MR) is 113 cm³/mol. The summed E-state index contributed by atoms with van der Waals surface area (Å²) in [6.45, 7) is 12.5.